The van der Waals surface area contributed by atoms with Crippen molar-refractivity contribution in [2.75, 3.05) is 7.11 Å². The van der Waals surface area contributed by atoms with E-state index in [2.05, 4.69) is 25.1 Å². The molecule has 0 aliphatic heterocycles. The molecular weight excluding hydrogens is 268 g/mol. The van der Waals surface area contributed by atoms with Gasteiger partial charge in [-0.3, -0.25) is 10.1 Å². The van der Waals surface area contributed by atoms with E-state index in [0.717, 1.165) is 11.3 Å². The minimum Gasteiger partial charge on any atom is -0.497 e. The summed E-state index contributed by atoms with van der Waals surface area (Å²) in [5, 5.41) is 6.97. The molecule has 7 nitrogen and oxygen atoms in total. The van der Waals surface area contributed by atoms with Crippen molar-refractivity contribution >= 4 is 0 Å². The van der Waals surface area contributed by atoms with Gasteiger partial charge in [-0.1, -0.05) is 12.1 Å². The molecule has 3 aromatic rings. The normalized spacial score (nSPS) is 12.1. The summed E-state index contributed by atoms with van der Waals surface area (Å²) in [4.78, 5) is 12.5. The van der Waals surface area contributed by atoms with Crippen LogP contribution in [0.5, 0.6) is 5.75 Å². The third-order valence-corrected chi connectivity index (χ3v) is 3.06. The van der Waals surface area contributed by atoms with Gasteiger partial charge in [-0.15, -0.1) is 0 Å². The number of nitrogens with one attached hydrogen (secondary N) is 1. The van der Waals surface area contributed by atoms with E-state index in [1.165, 1.54) is 0 Å². The molecule has 2 aromatic heterocycles. The molecule has 0 saturated carbocycles. The average molecular weight is 282 g/mol. The van der Waals surface area contributed by atoms with Gasteiger partial charge in [0.25, 0.3) is 0 Å². The van der Waals surface area contributed by atoms with Crippen LogP contribution >= 0.6 is 0 Å². The fourth-order valence-corrected chi connectivity index (χ4v) is 1.91. The Morgan fingerprint density at radius 1 is 1.19 bits per heavy atom. The number of benzene rings is 1. The molecular formula is C14H14N6O. The van der Waals surface area contributed by atoms with Gasteiger partial charge < -0.3 is 10.5 Å². The largest absolute Gasteiger partial charge is 0.497 e. The Kier molecular flexibility index (Phi) is 3.57. The van der Waals surface area contributed by atoms with Crippen LogP contribution in [0.25, 0.3) is 11.5 Å². The van der Waals surface area contributed by atoms with E-state index in [9.17, 15) is 0 Å². The van der Waals surface area contributed by atoms with Crippen LogP contribution in [-0.2, 0) is 0 Å². The number of aromatic nitrogens is 5. The molecule has 0 bridgehead atoms. The third kappa shape index (κ3) is 2.72. The number of hydrogen-bond donors (Lipinski definition) is 2. The maximum absolute atomic E-state index is 6.19. The number of aromatic amines is 1. The molecule has 21 heavy (non-hydrogen) atoms. The van der Waals surface area contributed by atoms with Gasteiger partial charge in [0.1, 0.15) is 17.3 Å². The number of hydrogen-bond acceptors (Lipinski definition) is 6. The Balaban J connectivity index is 1.85. The van der Waals surface area contributed by atoms with E-state index in [-0.39, 0.29) is 0 Å². The van der Waals surface area contributed by atoms with Crippen LogP contribution in [0.4, 0.5) is 0 Å². The van der Waals surface area contributed by atoms with Gasteiger partial charge in [0, 0.05) is 12.4 Å². The van der Waals surface area contributed by atoms with Crippen LogP contribution in [0, 0.1) is 0 Å². The first kappa shape index (κ1) is 13.2. The number of H-pyrrole nitrogens is 1. The van der Waals surface area contributed by atoms with Crippen molar-refractivity contribution in [2.45, 2.75) is 6.04 Å². The van der Waals surface area contributed by atoms with Crippen LogP contribution in [-0.4, -0.2) is 32.3 Å². The molecule has 0 spiro atoms. The summed E-state index contributed by atoms with van der Waals surface area (Å²) < 4.78 is 5.12. The summed E-state index contributed by atoms with van der Waals surface area (Å²) >= 11 is 0. The Morgan fingerprint density at radius 2 is 2.00 bits per heavy atom. The Morgan fingerprint density at radius 3 is 2.67 bits per heavy atom. The second-order valence-electron chi connectivity index (χ2n) is 4.39. The highest BCUT2D eigenvalue weighted by Gasteiger charge is 2.15. The lowest BCUT2D eigenvalue weighted by atomic mass is 10.1. The van der Waals surface area contributed by atoms with E-state index in [0.29, 0.717) is 17.3 Å². The van der Waals surface area contributed by atoms with Crippen molar-refractivity contribution < 1.29 is 4.74 Å². The van der Waals surface area contributed by atoms with Gasteiger partial charge in [0.2, 0.25) is 5.82 Å². The molecule has 1 aromatic carbocycles. The van der Waals surface area contributed by atoms with Gasteiger partial charge in [-0.05, 0) is 17.7 Å². The maximum Gasteiger partial charge on any atom is 0.201 e. The molecule has 2 heterocycles. The van der Waals surface area contributed by atoms with Gasteiger partial charge >= 0.3 is 0 Å². The topological polar surface area (TPSA) is 103 Å². The Labute approximate surface area is 121 Å². The van der Waals surface area contributed by atoms with Gasteiger partial charge in [0.05, 0.1) is 19.3 Å². The zero-order chi connectivity index (χ0) is 14.7. The molecule has 3 rings (SSSR count). The first-order chi connectivity index (χ1) is 10.3. The maximum atomic E-state index is 6.19. The van der Waals surface area contributed by atoms with Crippen molar-refractivity contribution in [3.05, 3.63) is 54.2 Å². The number of nitrogens with zero attached hydrogens (tertiary/aromatic N) is 4. The zero-order valence-corrected chi connectivity index (χ0v) is 11.4. The number of methoxy groups -OCH3 is 1. The molecule has 0 amide bonds. The summed E-state index contributed by atoms with van der Waals surface area (Å²) in [6.45, 7) is 0. The molecule has 0 aliphatic rings. The number of ether oxygens (including phenoxy) is 1. The standard InChI is InChI=1S/C14H14N6O/c1-21-10-4-2-9(3-5-10)12(15)14-18-13(19-20-14)11-8-16-6-7-17-11/h2-8,12H,15H2,1H3,(H,18,19,20). The predicted octanol–water partition coefficient (Wildman–Crippen LogP) is 1.32. The van der Waals surface area contributed by atoms with Crippen molar-refractivity contribution in [3.8, 4) is 17.3 Å². The highest BCUT2D eigenvalue weighted by molar-refractivity contribution is 5.46. The third-order valence-electron chi connectivity index (χ3n) is 3.06. The zero-order valence-electron chi connectivity index (χ0n) is 11.4. The average Bonchev–Trinajstić information content (AvgIpc) is 3.05. The van der Waals surface area contributed by atoms with Crippen LogP contribution < -0.4 is 10.5 Å². The van der Waals surface area contributed by atoms with E-state index in [4.69, 9.17) is 10.5 Å². The Bertz CT molecular complexity index is 710. The lowest BCUT2D eigenvalue weighted by Gasteiger charge is -2.09. The highest BCUT2D eigenvalue weighted by atomic mass is 16.5. The SMILES string of the molecule is COc1ccc(C(N)c2nc(-c3cnccn3)n[nH]2)cc1. The summed E-state index contributed by atoms with van der Waals surface area (Å²) in [7, 11) is 1.62. The van der Waals surface area contributed by atoms with Gasteiger partial charge in [-0.25, -0.2) is 9.97 Å². The van der Waals surface area contributed by atoms with Crippen molar-refractivity contribution in [3.63, 3.8) is 0 Å². The summed E-state index contributed by atoms with van der Waals surface area (Å²) in [5.41, 5.74) is 7.70. The first-order valence-corrected chi connectivity index (χ1v) is 6.36. The molecule has 1 atom stereocenters. The van der Waals surface area contributed by atoms with Crippen LogP contribution in [0.15, 0.2) is 42.9 Å². The fraction of sp³-hybridized carbons (Fsp3) is 0.143. The van der Waals surface area contributed by atoms with Gasteiger partial charge in [-0.2, -0.15) is 5.10 Å². The van der Waals surface area contributed by atoms with E-state index in [1.54, 1.807) is 25.7 Å². The lowest BCUT2D eigenvalue weighted by Crippen LogP contribution is -2.13. The van der Waals surface area contributed by atoms with Gasteiger partial charge in [0.15, 0.2) is 0 Å². The second kappa shape index (κ2) is 5.68. The van der Waals surface area contributed by atoms with Crippen LogP contribution in [0.3, 0.4) is 0 Å². The van der Waals surface area contributed by atoms with E-state index < -0.39 is 6.04 Å². The van der Waals surface area contributed by atoms with E-state index >= 15 is 0 Å². The van der Waals surface area contributed by atoms with E-state index in [1.807, 2.05) is 24.3 Å². The predicted molar refractivity (Wildman–Crippen MR) is 76.4 cm³/mol. The molecule has 0 fully saturated rings. The molecule has 7 heteroatoms. The molecule has 0 aliphatic carbocycles. The Hall–Kier alpha value is -2.80. The summed E-state index contributed by atoms with van der Waals surface area (Å²) in [6, 6.07) is 7.11. The van der Waals surface area contributed by atoms with Crippen LogP contribution in [0.2, 0.25) is 0 Å². The van der Waals surface area contributed by atoms with Crippen molar-refractivity contribution in [1.29, 1.82) is 0 Å². The minimum absolute atomic E-state index is 0.395. The lowest BCUT2D eigenvalue weighted by molar-refractivity contribution is 0.414. The second-order valence-corrected chi connectivity index (χ2v) is 4.39. The molecule has 106 valence electrons. The first-order valence-electron chi connectivity index (χ1n) is 6.36. The molecule has 0 saturated heterocycles. The molecule has 1 unspecified atom stereocenters. The smallest absolute Gasteiger partial charge is 0.201 e. The monoisotopic (exact) mass is 282 g/mol. The quantitative estimate of drug-likeness (QED) is 0.748. The van der Waals surface area contributed by atoms with Crippen LogP contribution in [0.1, 0.15) is 17.4 Å². The summed E-state index contributed by atoms with van der Waals surface area (Å²) in [6.07, 6.45) is 4.79. The highest BCUT2D eigenvalue weighted by Crippen LogP contribution is 2.21. The minimum atomic E-state index is -0.395. The summed E-state index contributed by atoms with van der Waals surface area (Å²) in [5.74, 6) is 1.83. The molecule has 3 N–H and O–H groups in total. The number of rotatable bonds is 4. The molecule has 0 radical (unpaired) electrons. The van der Waals surface area contributed by atoms with Crippen molar-refractivity contribution in [2.24, 2.45) is 5.73 Å². The van der Waals surface area contributed by atoms with Crippen molar-refractivity contribution in [1.82, 2.24) is 25.1 Å². The fourth-order valence-electron chi connectivity index (χ4n) is 1.91. The number of nitrogens with two attached hydrogens (primary N) is 1.